The largest absolute Gasteiger partial charge is 0.480 e. The Balaban J connectivity index is 2.09. The molecule has 0 saturated carbocycles. The third-order valence-corrected chi connectivity index (χ3v) is 5.63. The zero-order chi connectivity index (χ0) is 16.3. The van der Waals surface area contributed by atoms with Crippen LogP contribution in [-0.4, -0.2) is 35.4 Å². The van der Waals surface area contributed by atoms with E-state index in [-0.39, 0.29) is 5.37 Å². The summed E-state index contributed by atoms with van der Waals surface area (Å²) in [5.74, 6) is -0.795. The van der Waals surface area contributed by atoms with E-state index in [1.165, 1.54) is 11.8 Å². The molecule has 2 aromatic carbocycles. The Morgan fingerprint density at radius 3 is 2.04 bits per heavy atom. The third-order valence-electron chi connectivity index (χ3n) is 4.16. The molecule has 0 aromatic heterocycles. The minimum Gasteiger partial charge on any atom is -0.480 e. The van der Waals surface area contributed by atoms with Gasteiger partial charge < -0.3 is 15.2 Å². The lowest BCUT2D eigenvalue weighted by Gasteiger charge is -2.38. The highest BCUT2D eigenvalue weighted by Crippen LogP contribution is 2.44. The average molecular weight is 329 g/mol. The molecule has 2 N–H and O–H groups in total. The first kappa shape index (κ1) is 16.1. The summed E-state index contributed by atoms with van der Waals surface area (Å²) in [7, 11) is 1.68. The Kier molecular flexibility index (Phi) is 4.71. The van der Waals surface area contributed by atoms with Gasteiger partial charge >= 0.3 is 5.97 Å². The van der Waals surface area contributed by atoms with Crippen LogP contribution in [0.15, 0.2) is 60.7 Å². The number of benzene rings is 2. The summed E-state index contributed by atoms with van der Waals surface area (Å²) in [6.45, 7) is 0.426. The van der Waals surface area contributed by atoms with Crippen molar-refractivity contribution in [3.63, 3.8) is 0 Å². The fourth-order valence-electron chi connectivity index (χ4n) is 3.04. The summed E-state index contributed by atoms with van der Waals surface area (Å²) < 4.78 is 6.05. The predicted octanol–water partition coefficient (Wildman–Crippen LogP) is 2.69. The molecule has 0 aliphatic carbocycles. The third kappa shape index (κ3) is 2.87. The molecule has 4 nitrogen and oxygen atoms in total. The number of carboxylic acid groups (broad SMARTS) is 1. The van der Waals surface area contributed by atoms with Crippen molar-refractivity contribution in [1.82, 2.24) is 5.32 Å². The number of thioether (sulfide) groups is 1. The van der Waals surface area contributed by atoms with E-state index in [0.717, 1.165) is 11.1 Å². The molecule has 0 radical (unpaired) electrons. The van der Waals surface area contributed by atoms with Gasteiger partial charge in [-0.15, -0.1) is 11.8 Å². The maximum Gasteiger partial charge on any atom is 0.317 e. The number of aliphatic carboxylic acids is 1. The second-order valence-corrected chi connectivity index (χ2v) is 6.74. The minimum absolute atomic E-state index is 0.182. The molecule has 0 unspecified atom stereocenters. The molecular formula is C18H19NO3S. The fourth-order valence-corrected chi connectivity index (χ4v) is 4.43. The Labute approximate surface area is 139 Å². The number of nitrogens with one attached hydrogen (secondary N) is 1. The summed E-state index contributed by atoms with van der Waals surface area (Å²) in [6.07, 6.45) is 0. The molecule has 0 amide bonds. The van der Waals surface area contributed by atoms with Gasteiger partial charge in [-0.2, -0.15) is 0 Å². The van der Waals surface area contributed by atoms with E-state index in [2.05, 4.69) is 5.32 Å². The average Bonchev–Trinajstić information content (AvgIpc) is 3.09. The van der Waals surface area contributed by atoms with Crippen molar-refractivity contribution in [1.29, 1.82) is 0 Å². The van der Waals surface area contributed by atoms with Crippen molar-refractivity contribution in [2.45, 2.75) is 16.2 Å². The van der Waals surface area contributed by atoms with Gasteiger partial charge in [0, 0.05) is 13.7 Å². The SMILES string of the molecule is COC(c1ccccc1)(c1ccccc1)[C@H]1NC[C@H](C(=O)O)S1. The molecule has 5 heteroatoms. The summed E-state index contributed by atoms with van der Waals surface area (Å²) >= 11 is 1.40. The van der Waals surface area contributed by atoms with Crippen LogP contribution >= 0.6 is 11.8 Å². The molecule has 0 spiro atoms. The van der Waals surface area contributed by atoms with Crippen molar-refractivity contribution in [2.75, 3.05) is 13.7 Å². The number of hydrogen-bond donors (Lipinski definition) is 2. The molecular weight excluding hydrogens is 310 g/mol. The van der Waals surface area contributed by atoms with E-state index in [1.807, 2.05) is 60.7 Å². The van der Waals surface area contributed by atoms with Crippen LogP contribution in [0.3, 0.4) is 0 Å². The van der Waals surface area contributed by atoms with Crippen LogP contribution in [0.1, 0.15) is 11.1 Å². The second-order valence-electron chi connectivity index (χ2n) is 5.42. The van der Waals surface area contributed by atoms with Crippen molar-refractivity contribution in [2.24, 2.45) is 0 Å². The van der Waals surface area contributed by atoms with E-state index in [9.17, 15) is 9.90 Å². The van der Waals surface area contributed by atoms with Crippen LogP contribution in [0.2, 0.25) is 0 Å². The van der Waals surface area contributed by atoms with Gasteiger partial charge in [-0.25, -0.2) is 0 Å². The number of methoxy groups -OCH3 is 1. The molecule has 23 heavy (non-hydrogen) atoms. The Morgan fingerprint density at radius 1 is 1.13 bits per heavy atom. The van der Waals surface area contributed by atoms with Crippen LogP contribution in [0.4, 0.5) is 0 Å². The van der Waals surface area contributed by atoms with Crippen molar-refractivity contribution >= 4 is 17.7 Å². The van der Waals surface area contributed by atoms with Gasteiger partial charge in [0.2, 0.25) is 0 Å². The maximum atomic E-state index is 11.3. The zero-order valence-corrected chi connectivity index (χ0v) is 13.6. The van der Waals surface area contributed by atoms with E-state index >= 15 is 0 Å². The van der Waals surface area contributed by atoms with Gasteiger partial charge in [0.1, 0.15) is 10.9 Å². The van der Waals surface area contributed by atoms with Crippen LogP contribution in [-0.2, 0) is 15.1 Å². The summed E-state index contributed by atoms with van der Waals surface area (Å²) in [4.78, 5) is 11.3. The summed E-state index contributed by atoms with van der Waals surface area (Å²) in [5, 5.41) is 12.0. The quantitative estimate of drug-likeness (QED) is 0.883. The maximum absolute atomic E-state index is 11.3. The Morgan fingerprint density at radius 2 is 1.65 bits per heavy atom. The molecule has 2 atom stereocenters. The fraction of sp³-hybridized carbons (Fsp3) is 0.278. The van der Waals surface area contributed by atoms with Crippen LogP contribution in [0, 0.1) is 0 Å². The van der Waals surface area contributed by atoms with E-state index < -0.39 is 16.8 Å². The van der Waals surface area contributed by atoms with Gasteiger partial charge in [0.25, 0.3) is 0 Å². The standard InChI is InChI=1S/C18H19NO3S/c1-22-18(13-8-4-2-5-9-13,14-10-6-3-7-11-14)17-19-12-15(23-17)16(20)21/h2-11,15,17,19H,12H2,1H3,(H,20,21)/t15-,17+/m1/s1. The number of ether oxygens (including phenoxy) is 1. The number of carbonyl (C=O) groups is 1. The van der Waals surface area contributed by atoms with Crippen molar-refractivity contribution < 1.29 is 14.6 Å². The lowest BCUT2D eigenvalue weighted by molar-refractivity contribution is -0.136. The molecule has 1 heterocycles. The van der Waals surface area contributed by atoms with Gasteiger partial charge in [0.15, 0.2) is 0 Å². The molecule has 3 rings (SSSR count). The highest BCUT2D eigenvalue weighted by atomic mass is 32.2. The van der Waals surface area contributed by atoms with Gasteiger partial charge in [-0.3, -0.25) is 4.79 Å². The van der Waals surface area contributed by atoms with Crippen molar-refractivity contribution in [3.05, 3.63) is 71.8 Å². The van der Waals surface area contributed by atoms with E-state index in [0.29, 0.717) is 6.54 Å². The highest BCUT2D eigenvalue weighted by molar-refractivity contribution is 8.01. The lowest BCUT2D eigenvalue weighted by atomic mass is 9.85. The minimum atomic E-state index is -0.795. The normalized spacial score (nSPS) is 21.3. The van der Waals surface area contributed by atoms with Gasteiger partial charge in [-0.1, -0.05) is 60.7 Å². The second kappa shape index (κ2) is 6.74. The lowest BCUT2D eigenvalue weighted by Crippen LogP contribution is -2.46. The Hall–Kier alpha value is -1.82. The summed E-state index contributed by atoms with van der Waals surface area (Å²) in [6, 6.07) is 19.9. The number of rotatable bonds is 5. The molecule has 1 fully saturated rings. The van der Waals surface area contributed by atoms with Gasteiger partial charge in [-0.05, 0) is 11.1 Å². The zero-order valence-electron chi connectivity index (χ0n) is 12.8. The smallest absolute Gasteiger partial charge is 0.317 e. The van der Waals surface area contributed by atoms with Gasteiger partial charge in [0.05, 0.1) is 5.37 Å². The summed E-state index contributed by atoms with van der Waals surface area (Å²) in [5.41, 5.74) is 1.27. The monoisotopic (exact) mass is 329 g/mol. The van der Waals surface area contributed by atoms with E-state index in [1.54, 1.807) is 7.11 Å². The predicted molar refractivity (Wildman–Crippen MR) is 91.5 cm³/mol. The highest BCUT2D eigenvalue weighted by Gasteiger charge is 2.47. The topological polar surface area (TPSA) is 58.6 Å². The van der Waals surface area contributed by atoms with Crippen LogP contribution in [0.5, 0.6) is 0 Å². The number of carboxylic acids is 1. The Bertz CT molecular complexity index is 623. The first-order valence-electron chi connectivity index (χ1n) is 7.46. The molecule has 0 bridgehead atoms. The molecule has 120 valence electrons. The first-order valence-corrected chi connectivity index (χ1v) is 8.40. The first-order chi connectivity index (χ1) is 11.2. The van der Waals surface area contributed by atoms with E-state index in [4.69, 9.17) is 4.74 Å². The van der Waals surface area contributed by atoms with Crippen molar-refractivity contribution in [3.8, 4) is 0 Å². The van der Waals surface area contributed by atoms with Crippen LogP contribution in [0.25, 0.3) is 0 Å². The molecule has 1 aliphatic rings. The molecule has 1 saturated heterocycles. The molecule has 2 aromatic rings. The molecule has 1 aliphatic heterocycles. The van der Waals surface area contributed by atoms with Crippen LogP contribution < -0.4 is 5.32 Å². The number of hydrogen-bond acceptors (Lipinski definition) is 4.